The topological polar surface area (TPSA) is 35.2 Å². The molecule has 1 unspecified atom stereocenters. The van der Waals surface area contributed by atoms with E-state index in [4.69, 9.17) is 10.5 Å². The highest BCUT2D eigenvalue weighted by atomic mass is 16.5. The van der Waals surface area contributed by atoms with Crippen LogP contribution in [0.3, 0.4) is 0 Å². The molecule has 1 saturated carbocycles. The molecule has 2 N–H and O–H groups in total. The van der Waals surface area contributed by atoms with Gasteiger partial charge in [-0.15, -0.1) is 0 Å². The molecule has 2 nitrogen and oxygen atoms in total. The summed E-state index contributed by atoms with van der Waals surface area (Å²) in [4.78, 5) is 0. The van der Waals surface area contributed by atoms with Crippen molar-refractivity contribution in [3.8, 4) is 5.75 Å². The zero-order chi connectivity index (χ0) is 11.4. The third-order valence-corrected chi connectivity index (χ3v) is 3.53. The normalized spacial score (nSPS) is 18.6. The first kappa shape index (κ1) is 11.5. The van der Waals surface area contributed by atoms with Crippen molar-refractivity contribution in [1.82, 2.24) is 0 Å². The van der Waals surface area contributed by atoms with E-state index in [1.165, 1.54) is 31.2 Å². The maximum Gasteiger partial charge on any atom is 0.122 e. The van der Waals surface area contributed by atoms with Crippen molar-refractivity contribution in [2.75, 3.05) is 6.61 Å². The second-order valence-corrected chi connectivity index (χ2v) is 4.78. The van der Waals surface area contributed by atoms with Gasteiger partial charge in [0.2, 0.25) is 0 Å². The van der Waals surface area contributed by atoms with Gasteiger partial charge in [-0.2, -0.15) is 0 Å². The van der Waals surface area contributed by atoms with Gasteiger partial charge in [0.25, 0.3) is 0 Å². The predicted molar refractivity (Wildman–Crippen MR) is 66.6 cm³/mol. The molecule has 1 aromatic rings. The number of ether oxygens (including phenoxy) is 1. The lowest BCUT2D eigenvalue weighted by atomic mass is 10.00. The van der Waals surface area contributed by atoms with Gasteiger partial charge in [0.1, 0.15) is 12.4 Å². The first-order valence-corrected chi connectivity index (χ1v) is 6.21. The molecule has 2 heteroatoms. The van der Waals surface area contributed by atoms with Gasteiger partial charge in [-0.3, -0.25) is 0 Å². The summed E-state index contributed by atoms with van der Waals surface area (Å²) in [5.74, 6) is 1.64. The van der Waals surface area contributed by atoms with E-state index in [0.29, 0.717) is 12.5 Å². The number of hydrogen-bond donors (Lipinski definition) is 1. The Kier molecular flexibility index (Phi) is 3.83. The summed E-state index contributed by atoms with van der Waals surface area (Å²) >= 11 is 0. The molecular weight excluding hydrogens is 198 g/mol. The first-order chi connectivity index (χ1) is 7.77. The molecule has 1 aromatic carbocycles. The Labute approximate surface area is 97.8 Å². The quantitative estimate of drug-likeness (QED) is 0.845. The van der Waals surface area contributed by atoms with E-state index in [0.717, 1.165) is 5.75 Å². The Balaban J connectivity index is 1.84. The van der Waals surface area contributed by atoms with Crippen molar-refractivity contribution in [2.45, 2.75) is 38.6 Å². The summed E-state index contributed by atoms with van der Waals surface area (Å²) in [5.41, 5.74) is 7.33. The van der Waals surface area contributed by atoms with Crippen LogP contribution in [0.25, 0.3) is 0 Å². The van der Waals surface area contributed by atoms with Crippen molar-refractivity contribution in [1.29, 1.82) is 0 Å². The average Bonchev–Trinajstić information content (AvgIpc) is 2.81. The molecule has 0 saturated heterocycles. The highest BCUT2D eigenvalue weighted by Crippen LogP contribution is 2.27. The Bertz CT molecular complexity index is 331. The largest absolute Gasteiger partial charge is 0.492 e. The maximum atomic E-state index is 6.15. The van der Waals surface area contributed by atoms with E-state index in [2.05, 4.69) is 13.0 Å². The van der Waals surface area contributed by atoms with E-state index < -0.39 is 0 Å². The summed E-state index contributed by atoms with van der Waals surface area (Å²) in [5, 5.41) is 0. The number of nitrogens with two attached hydrogens (primary N) is 1. The van der Waals surface area contributed by atoms with Gasteiger partial charge in [-0.05, 0) is 37.3 Å². The molecule has 0 aromatic heterocycles. The number of hydrogen-bond acceptors (Lipinski definition) is 2. The monoisotopic (exact) mass is 219 g/mol. The first-order valence-electron chi connectivity index (χ1n) is 6.21. The number of benzene rings is 1. The van der Waals surface area contributed by atoms with E-state index >= 15 is 0 Å². The molecule has 88 valence electrons. The molecule has 1 aliphatic carbocycles. The molecule has 1 aliphatic rings. The standard InChI is InChI=1S/C14H21NO/c1-11-6-2-5-9-14(11)16-10-13(15)12-7-3-4-8-12/h2,5-6,9,12-13H,3-4,7-8,10,15H2,1H3. The molecule has 0 radical (unpaired) electrons. The second kappa shape index (κ2) is 5.35. The van der Waals surface area contributed by atoms with Crippen LogP contribution in [0.5, 0.6) is 5.75 Å². The molecule has 1 atom stereocenters. The Morgan fingerprint density at radius 2 is 2.00 bits per heavy atom. The van der Waals surface area contributed by atoms with Gasteiger partial charge in [0.05, 0.1) is 0 Å². The van der Waals surface area contributed by atoms with Crippen molar-refractivity contribution in [3.63, 3.8) is 0 Å². The summed E-state index contributed by atoms with van der Waals surface area (Å²) in [7, 11) is 0. The Morgan fingerprint density at radius 1 is 1.31 bits per heavy atom. The van der Waals surface area contributed by atoms with Crippen molar-refractivity contribution in [3.05, 3.63) is 29.8 Å². The predicted octanol–water partition coefficient (Wildman–Crippen LogP) is 2.89. The lowest BCUT2D eigenvalue weighted by Gasteiger charge is -2.19. The Morgan fingerprint density at radius 3 is 2.69 bits per heavy atom. The van der Waals surface area contributed by atoms with Crippen molar-refractivity contribution in [2.24, 2.45) is 11.7 Å². The van der Waals surface area contributed by atoms with Crippen LogP contribution in [0.4, 0.5) is 0 Å². The molecule has 0 bridgehead atoms. The minimum Gasteiger partial charge on any atom is -0.492 e. The van der Waals surface area contributed by atoms with Crippen LogP contribution >= 0.6 is 0 Å². The zero-order valence-corrected chi connectivity index (χ0v) is 9.99. The zero-order valence-electron chi connectivity index (χ0n) is 9.99. The fourth-order valence-electron chi connectivity index (χ4n) is 2.43. The fourth-order valence-corrected chi connectivity index (χ4v) is 2.43. The molecule has 16 heavy (non-hydrogen) atoms. The van der Waals surface area contributed by atoms with Crippen molar-refractivity contribution >= 4 is 0 Å². The maximum absolute atomic E-state index is 6.15. The smallest absolute Gasteiger partial charge is 0.122 e. The van der Waals surface area contributed by atoms with E-state index in [9.17, 15) is 0 Å². The summed E-state index contributed by atoms with van der Waals surface area (Å²) in [6.07, 6.45) is 5.22. The van der Waals surface area contributed by atoms with Crippen LogP contribution in [0.2, 0.25) is 0 Å². The highest BCUT2D eigenvalue weighted by Gasteiger charge is 2.22. The van der Waals surface area contributed by atoms with Gasteiger partial charge >= 0.3 is 0 Å². The van der Waals surface area contributed by atoms with Crippen LogP contribution in [-0.2, 0) is 0 Å². The molecule has 1 fully saturated rings. The summed E-state index contributed by atoms with van der Waals surface area (Å²) in [6.45, 7) is 2.71. The molecule has 0 amide bonds. The molecule has 0 heterocycles. The van der Waals surface area contributed by atoms with Crippen LogP contribution in [-0.4, -0.2) is 12.6 Å². The van der Waals surface area contributed by atoms with Crippen LogP contribution < -0.4 is 10.5 Å². The minimum absolute atomic E-state index is 0.196. The molecule has 0 aliphatic heterocycles. The lowest BCUT2D eigenvalue weighted by Crippen LogP contribution is -2.34. The van der Waals surface area contributed by atoms with Crippen LogP contribution in [0, 0.1) is 12.8 Å². The highest BCUT2D eigenvalue weighted by molar-refractivity contribution is 5.31. The SMILES string of the molecule is Cc1ccccc1OCC(N)C1CCCC1. The fraction of sp³-hybridized carbons (Fsp3) is 0.571. The van der Waals surface area contributed by atoms with Gasteiger partial charge in [0, 0.05) is 6.04 Å². The number of rotatable bonds is 4. The molecule has 0 spiro atoms. The summed E-state index contributed by atoms with van der Waals surface area (Å²) < 4.78 is 5.79. The van der Waals surface area contributed by atoms with Gasteiger partial charge < -0.3 is 10.5 Å². The number of para-hydroxylation sites is 1. The average molecular weight is 219 g/mol. The van der Waals surface area contributed by atoms with E-state index in [-0.39, 0.29) is 6.04 Å². The minimum atomic E-state index is 0.196. The third-order valence-electron chi connectivity index (χ3n) is 3.53. The molecule has 2 rings (SSSR count). The third kappa shape index (κ3) is 2.76. The van der Waals surface area contributed by atoms with E-state index in [1.807, 2.05) is 18.2 Å². The van der Waals surface area contributed by atoms with Crippen molar-refractivity contribution < 1.29 is 4.74 Å². The van der Waals surface area contributed by atoms with Gasteiger partial charge in [-0.25, -0.2) is 0 Å². The Hall–Kier alpha value is -1.02. The van der Waals surface area contributed by atoms with E-state index in [1.54, 1.807) is 0 Å². The lowest BCUT2D eigenvalue weighted by molar-refractivity contribution is 0.246. The van der Waals surface area contributed by atoms with Crippen LogP contribution in [0.1, 0.15) is 31.2 Å². The molecular formula is C14H21NO. The second-order valence-electron chi connectivity index (χ2n) is 4.78. The number of aryl methyl sites for hydroxylation is 1. The van der Waals surface area contributed by atoms with Gasteiger partial charge in [-0.1, -0.05) is 31.0 Å². The van der Waals surface area contributed by atoms with Crippen LogP contribution in [0.15, 0.2) is 24.3 Å². The van der Waals surface area contributed by atoms with Gasteiger partial charge in [0.15, 0.2) is 0 Å². The summed E-state index contributed by atoms with van der Waals surface area (Å²) in [6, 6.07) is 8.30.